The Morgan fingerprint density at radius 2 is 1.90 bits per heavy atom. The van der Waals surface area contributed by atoms with E-state index in [4.69, 9.17) is 18.5 Å². The lowest BCUT2D eigenvalue weighted by Crippen LogP contribution is -2.35. The number of carbonyl (C=O) groups excluding carboxylic acids is 1. The summed E-state index contributed by atoms with van der Waals surface area (Å²) in [5, 5.41) is 3.06. The average molecular weight is 574 g/mol. The average Bonchev–Trinajstić information content (AvgIpc) is 3.27. The Bertz CT molecular complexity index is 1410. The molecule has 1 aromatic heterocycles. The lowest BCUT2D eigenvalue weighted by molar-refractivity contribution is -0.149. The van der Waals surface area contributed by atoms with Crippen LogP contribution in [0.15, 0.2) is 70.4 Å². The van der Waals surface area contributed by atoms with Crippen LogP contribution in [0.4, 0.5) is 4.39 Å². The molecule has 0 bridgehead atoms. The Morgan fingerprint density at radius 1 is 1.15 bits per heavy atom. The van der Waals surface area contributed by atoms with Crippen LogP contribution in [0.1, 0.15) is 40.3 Å². The zero-order valence-electron chi connectivity index (χ0n) is 22.7. The summed E-state index contributed by atoms with van der Waals surface area (Å²) in [5.41, 5.74) is 0.528. The fourth-order valence-corrected chi connectivity index (χ4v) is 5.47. The second-order valence-electron chi connectivity index (χ2n) is 9.89. The largest absolute Gasteiger partial charge is 0.462 e. The van der Waals surface area contributed by atoms with E-state index in [-0.39, 0.29) is 30.5 Å². The first kappa shape index (κ1) is 29.6. The highest BCUT2D eigenvalue weighted by atomic mass is 31.2. The molecule has 3 aromatic rings. The SMILES string of the molecule is CC(C)OC(=O)[C@H](C)NP(OCC1CC(C)C(n2ccc(=O)[nH]c2=O)O1)Oc1ccc(-c2cccc(F)c2)cc1. The summed E-state index contributed by atoms with van der Waals surface area (Å²) in [6.07, 6.45) is 0.823. The second kappa shape index (κ2) is 13.3. The predicted octanol–water partition coefficient (Wildman–Crippen LogP) is 4.52. The van der Waals surface area contributed by atoms with Crippen molar-refractivity contribution in [1.29, 1.82) is 0 Å². The number of nitrogens with one attached hydrogen (secondary N) is 2. The van der Waals surface area contributed by atoms with Gasteiger partial charge in [0.2, 0.25) is 0 Å². The van der Waals surface area contributed by atoms with Crippen molar-refractivity contribution in [3.63, 3.8) is 0 Å². The number of hydrogen-bond acceptors (Lipinski definition) is 8. The molecule has 4 rings (SSSR count). The van der Waals surface area contributed by atoms with Gasteiger partial charge in [0.05, 0.1) is 18.8 Å². The minimum atomic E-state index is -1.82. The van der Waals surface area contributed by atoms with Gasteiger partial charge in [-0.05, 0) is 62.6 Å². The minimum Gasteiger partial charge on any atom is -0.462 e. The van der Waals surface area contributed by atoms with Crippen LogP contribution >= 0.6 is 8.53 Å². The highest BCUT2D eigenvalue weighted by molar-refractivity contribution is 7.45. The first-order valence-corrected chi connectivity index (χ1v) is 14.2. The van der Waals surface area contributed by atoms with E-state index in [2.05, 4.69) is 10.1 Å². The third-order valence-electron chi connectivity index (χ3n) is 6.16. The molecular formula is C28H33FN3O7P. The summed E-state index contributed by atoms with van der Waals surface area (Å²) in [5.74, 6) is -0.300. The number of nitrogens with zero attached hydrogens (tertiary/aromatic N) is 1. The molecule has 1 aliphatic rings. The summed E-state index contributed by atoms with van der Waals surface area (Å²) in [6, 6.07) is 14.0. The van der Waals surface area contributed by atoms with Gasteiger partial charge in [-0.25, -0.2) is 14.3 Å². The number of esters is 1. The quantitative estimate of drug-likeness (QED) is 0.254. The van der Waals surface area contributed by atoms with Crippen LogP contribution in [0.2, 0.25) is 0 Å². The van der Waals surface area contributed by atoms with Crippen LogP contribution in [0.5, 0.6) is 5.75 Å². The van der Waals surface area contributed by atoms with Crippen LogP contribution in [0.25, 0.3) is 11.1 Å². The van der Waals surface area contributed by atoms with E-state index in [1.807, 2.05) is 25.1 Å². The third-order valence-corrected chi connectivity index (χ3v) is 7.52. The number of rotatable bonds is 11. The molecule has 0 aliphatic carbocycles. The number of aromatic nitrogens is 2. The Balaban J connectivity index is 1.44. The summed E-state index contributed by atoms with van der Waals surface area (Å²) in [4.78, 5) is 38.4. The number of benzene rings is 2. The Kier molecular flexibility index (Phi) is 9.86. The van der Waals surface area contributed by atoms with E-state index in [0.717, 1.165) is 11.1 Å². The molecule has 2 N–H and O–H groups in total. The zero-order chi connectivity index (χ0) is 28.8. The second-order valence-corrected chi connectivity index (χ2v) is 11.1. The fourth-order valence-electron chi connectivity index (χ4n) is 4.25. The van der Waals surface area contributed by atoms with Crippen molar-refractivity contribution in [2.45, 2.75) is 58.6 Å². The molecule has 1 fully saturated rings. The zero-order valence-corrected chi connectivity index (χ0v) is 23.6. The number of H-pyrrole nitrogens is 1. The maximum Gasteiger partial charge on any atom is 0.330 e. The smallest absolute Gasteiger partial charge is 0.330 e. The Hall–Kier alpha value is -3.37. The van der Waals surface area contributed by atoms with Gasteiger partial charge in [0.25, 0.3) is 5.56 Å². The molecule has 2 aromatic carbocycles. The van der Waals surface area contributed by atoms with Gasteiger partial charge in [0.1, 0.15) is 23.8 Å². The Labute approximate surface area is 232 Å². The highest BCUT2D eigenvalue weighted by Crippen LogP contribution is 2.40. The van der Waals surface area contributed by atoms with Gasteiger partial charge < -0.3 is 18.5 Å². The molecular weight excluding hydrogens is 540 g/mol. The third kappa shape index (κ3) is 7.85. The van der Waals surface area contributed by atoms with Crippen molar-refractivity contribution in [3.8, 4) is 16.9 Å². The molecule has 12 heteroatoms. The van der Waals surface area contributed by atoms with E-state index < -0.39 is 38.0 Å². The topological polar surface area (TPSA) is 121 Å². The van der Waals surface area contributed by atoms with Crippen molar-refractivity contribution in [1.82, 2.24) is 14.6 Å². The van der Waals surface area contributed by atoms with Gasteiger partial charge in [0.15, 0.2) is 0 Å². The van der Waals surface area contributed by atoms with E-state index in [0.29, 0.717) is 12.2 Å². The fraction of sp³-hybridized carbons (Fsp3) is 0.393. The molecule has 214 valence electrons. The highest BCUT2D eigenvalue weighted by Gasteiger charge is 2.35. The van der Waals surface area contributed by atoms with Crippen LogP contribution < -0.4 is 20.9 Å². The normalized spacial score (nSPS) is 20.3. The van der Waals surface area contributed by atoms with Crippen LogP contribution in [0.3, 0.4) is 0 Å². The molecule has 2 heterocycles. The Morgan fingerprint density at radius 3 is 2.58 bits per heavy atom. The van der Waals surface area contributed by atoms with Gasteiger partial charge in [-0.1, -0.05) is 31.2 Å². The molecule has 0 saturated carbocycles. The van der Waals surface area contributed by atoms with Gasteiger partial charge in [-0.3, -0.25) is 19.1 Å². The summed E-state index contributed by atoms with van der Waals surface area (Å²) < 4.78 is 38.5. The summed E-state index contributed by atoms with van der Waals surface area (Å²) in [6.45, 7) is 7.27. The maximum atomic E-state index is 13.6. The molecule has 1 aliphatic heterocycles. The van der Waals surface area contributed by atoms with Crippen LogP contribution in [-0.2, 0) is 18.8 Å². The van der Waals surface area contributed by atoms with Crippen molar-refractivity contribution in [2.24, 2.45) is 5.92 Å². The lowest BCUT2D eigenvalue weighted by atomic mass is 10.1. The summed E-state index contributed by atoms with van der Waals surface area (Å²) >= 11 is 0. The van der Waals surface area contributed by atoms with Crippen molar-refractivity contribution < 1.29 is 27.7 Å². The van der Waals surface area contributed by atoms with Crippen LogP contribution in [0, 0.1) is 11.7 Å². The number of aromatic amines is 1. The molecule has 4 unspecified atom stereocenters. The standard InChI is InChI=1S/C28H33FN3O7P/c1-17(2)37-27(34)19(4)31-40(39-23-10-8-20(9-11-23)21-6-5-7-22(29)15-21)36-16-24-14-18(3)26(38-24)32-13-12-25(33)30-28(32)35/h5-13,15,17-19,24,26,31H,14,16H2,1-4H3,(H,30,33,35)/t18?,19-,24?,26?,40?/m0/s1. The van der Waals surface area contributed by atoms with Crippen molar-refractivity contribution in [3.05, 3.63) is 87.4 Å². The van der Waals surface area contributed by atoms with E-state index in [1.165, 1.54) is 29.0 Å². The van der Waals surface area contributed by atoms with Crippen molar-refractivity contribution in [2.75, 3.05) is 6.61 Å². The van der Waals surface area contributed by atoms with Crippen molar-refractivity contribution >= 4 is 14.5 Å². The van der Waals surface area contributed by atoms with Gasteiger partial charge >= 0.3 is 20.2 Å². The summed E-state index contributed by atoms with van der Waals surface area (Å²) in [7, 11) is -1.82. The molecule has 0 radical (unpaired) electrons. The van der Waals surface area contributed by atoms with Gasteiger partial charge in [-0.2, -0.15) is 0 Å². The molecule has 40 heavy (non-hydrogen) atoms. The molecule has 5 atom stereocenters. The van der Waals surface area contributed by atoms with E-state index in [1.54, 1.807) is 39.0 Å². The molecule has 0 spiro atoms. The van der Waals surface area contributed by atoms with Gasteiger partial charge in [-0.15, -0.1) is 0 Å². The number of carbonyl (C=O) groups is 1. The van der Waals surface area contributed by atoms with E-state index in [9.17, 15) is 18.8 Å². The minimum absolute atomic E-state index is 0.0207. The number of halogens is 1. The molecule has 10 nitrogen and oxygen atoms in total. The number of hydrogen-bond donors (Lipinski definition) is 2. The molecule has 1 saturated heterocycles. The maximum absolute atomic E-state index is 13.6. The monoisotopic (exact) mass is 573 g/mol. The molecule has 0 amide bonds. The van der Waals surface area contributed by atoms with Crippen LogP contribution in [-0.4, -0.2) is 40.4 Å². The lowest BCUT2D eigenvalue weighted by Gasteiger charge is -2.24. The predicted molar refractivity (Wildman–Crippen MR) is 148 cm³/mol. The number of ether oxygens (including phenoxy) is 2. The van der Waals surface area contributed by atoms with E-state index >= 15 is 0 Å². The van der Waals surface area contributed by atoms with Gasteiger partial charge in [0, 0.05) is 18.2 Å². The first-order valence-electron chi connectivity index (χ1n) is 13.0. The first-order chi connectivity index (χ1) is 19.1.